The summed E-state index contributed by atoms with van der Waals surface area (Å²) in [6, 6.07) is 6.09. The number of rotatable bonds is 2. The molecule has 1 aliphatic heterocycles. The van der Waals surface area contributed by atoms with E-state index in [0.717, 1.165) is 25.7 Å². The largest absolute Gasteiger partial charge is 0.422 e. The zero-order valence-corrected chi connectivity index (χ0v) is 13.5. The highest BCUT2D eigenvalue weighted by Crippen LogP contribution is 2.23. The van der Waals surface area contributed by atoms with Crippen molar-refractivity contribution in [1.82, 2.24) is 4.31 Å². The Balaban J connectivity index is 2.11. The lowest BCUT2D eigenvalue weighted by Crippen LogP contribution is -2.34. The molecule has 22 heavy (non-hydrogen) atoms. The number of hydrogen-bond acceptors (Lipinski definition) is 4. The van der Waals surface area contributed by atoms with E-state index in [4.69, 9.17) is 16.0 Å². The van der Waals surface area contributed by atoms with Crippen LogP contribution < -0.4 is 5.63 Å². The molecule has 2 heterocycles. The number of hydrogen-bond donors (Lipinski definition) is 0. The van der Waals surface area contributed by atoms with Gasteiger partial charge in [0.05, 0.1) is 0 Å². The molecule has 0 spiro atoms. The summed E-state index contributed by atoms with van der Waals surface area (Å²) in [5.74, 6) is 0. The van der Waals surface area contributed by atoms with E-state index in [-0.39, 0.29) is 4.90 Å². The van der Waals surface area contributed by atoms with Crippen LogP contribution in [0.4, 0.5) is 0 Å². The first-order valence-electron chi connectivity index (χ1n) is 7.22. The number of nitrogens with zero attached hydrogens (tertiary/aromatic N) is 1. The number of fused-ring (bicyclic) bond motifs is 1. The minimum Gasteiger partial charge on any atom is -0.422 e. The van der Waals surface area contributed by atoms with Crippen molar-refractivity contribution in [2.24, 2.45) is 0 Å². The highest BCUT2D eigenvalue weighted by atomic mass is 35.5. The van der Waals surface area contributed by atoms with E-state index < -0.39 is 15.6 Å². The Kier molecular flexibility index (Phi) is 4.25. The normalized spacial score (nSPS) is 17.5. The van der Waals surface area contributed by atoms with Gasteiger partial charge >= 0.3 is 5.63 Å². The van der Waals surface area contributed by atoms with Crippen molar-refractivity contribution in [2.45, 2.75) is 30.6 Å². The first-order chi connectivity index (χ1) is 10.5. The summed E-state index contributed by atoms with van der Waals surface area (Å²) in [6.45, 7) is 0.880. The van der Waals surface area contributed by atoms with Crippen molar-refractivity contribution in [2.75, 3.05) is 13.1 Å². The van der Waals surface area contributed by atoms with Gasteiger partial charge in [0.1, 0.15) is 5.58 Å². The summed E-state index contributed by atoms with van der Waals surface area (Å²) in [5, 5.41) is 0.958. The molecule has 5 nitrogen and oxygen atoms in total. The van der Waals surface area contributed by atoms with E-state index in [1.165, 1.54) is 10.4 Å². The van der Waals surface area contributed by atoms with Crippen LogP contribution in [-0.2, 0) is 10.0 Å². The molecule has 0 radical (unpaired) electrons. The molecule has 118 valence electrons. The zero-order chi connectivity index (χ0) is 15.7. The molecule has 1 aromatic carbocycles. The van der Waals surface area contributed by atoms with Gasteiger partial charge in [-0.15, -0.1) is 0 Å². The topological polar surface area (TPSA) is 67.6 Å². The number of benzene rings is 1. The van der Waals surface area contributed by atoms with Crippen LogP contribution in [-0.4, -0.2) is 25.8 Å². The maximum absolute atomic E-state index is 12.7. The Morgan fingerprint density at radius 1 is 1.05 bits per heavy atom. The SMILES string of the molecule is O=c1oc2ccc(Cl)cc2cc1S(=O)(=O)N1CCCCCC1. The summed E-state index contributed by atoms with van der Waals surface area (Å²) in [4.78, 5) is 11.8. The molecular formula is C15H16ClNO4S. The monoisotopic (exact) mass is 341 g/mol. The van der Waals surface area contributed by atoms with Gasteiger partial charge in [-0.3, -0.25) is 0 Å². The molecule has 0 amide bonds. The third-order valence-corrected chi connectivity index (χ3v) is 5.97. The molecule has 0 bridgehead atoms. The van der Waals surface area contributed by atoms with E-state index in [1.54, 1.807) is 18.2 Å². The first kappa shape index (κ1) is 15.5. The fourth-order valence-corrected chi connectivity index (χ4v) is 4.40. The highest BCUT2D eigenvalue weighted by Gasteiger charge is 2.29. The summed E-state index contributed by atoms with van der Waals surface area (Å²) < 4.78 is 32.0. The molecular weight excluding hydrogens is 326 g/mol. The number of sulfonamides is 1. The van der Waals surface area contributed by atoms with E-state index >= 15 is 0 Å². The second-order valence-electron chi connectivity index (χ2n) is 5.40. The van der Waals surface area contributed by atoms with Crippen LogP contribution in [0.1, 0.15) is 25.7 Å². The van der Waals surface area contributed by atoms with Crippen molar-refractivity contribution >= 4 is 32.6 Å². The van der Waals surface area contributed by atoms with Crippen molar-refractivity contribution in [3.05, 3.63) is 39.7 Å². The Morgan fingerprint density at radius 2 is 1.73 bits per heavy atom. The van der Waals surface area contributed by atoms with E-state index in [0.29, 0.717) is 29.1 Å². The summed E-state index contributed by atoms with van der Waals surface area (Å²) in [6.07, 6.45) is 3.63. The zero-order valence-electron chi connectivity index (χ0n) is 11.9. The molecule has 0 unspecified atom stereocenters. The second kappa shape index (κ2) is 6.02. The van der Waals surface area contributed by atoms with Gasteiger partial charge in [0.25, 0.3) is 0 Å². The predicted molar refractivity (Wildman–Crippen MR) is 84.7 cm³/mol. The lowest BCUT2D eigenvalue weighted by Gasteiger charge is -2.19. The van der Waals surface area contributed by atoms with Gasteiger partial charge in [0.2, 0.25) is 10.0 Å². The summed E-state index contributed by atoms with van der Waals surface area (Å²) >= 11 is 5.92. The average Bonchev–Trinajstić information content (AvgIpc) is 2.76. The van der Waals surface area contributed by atoms with E-state index in [1.807, 2.05) is 0 Å². The predicted octanol–water partition coefficient (Wildman–Crippen LogP) is 3.01. The number of halogens is 1. The van der Waals surface area contributed by atoms with Gasteiger partial charge in [-0.05, 0) is 37.1 Å². The van der Waals surface area contributed by atoms with Gasteiger partial charge in [0, 0.05) is 23.5 Å². The van der Waals surface area contributed by atoms with Gasteiger partial charge < -0.3 is 4.42 Å². The van der Waals surface area contributed by atoms with Gasteiger partial charge in [0.15, 0.2) is 4.90 Å². The Hall–Kier alpha value is -1.37. The van der Waals surface area contributed by atoms with Crippen molar-refractivity contribution in [3.63, 3.8) is 0 Å². The van der Waals surface area contributed by atoms with Gasteiger partial charge in [-0.2, -0.15) is 4.31 Å². The van der Waals surface area contributed by atoms with Crippen LogP contribution in [0.5, 0.6) is 0 Å². The standard InChI is InChI=1S/C15H16ClNO4S/c16-12-5-6-13-11(9-12)10-14(15(18)21-13)22(19,20)17-7-3-1-2-4-8-17/h5-6,9-10H,1-4,7-8H2. The minimum absolute atomic E-state index is 0.316. The average molecular weight is 342 g/mol. The van der Waals surface area contributed by atoms with Gasteiger partial charge in [-0.25, -0.2) is 13.2 Å². The van der Waals surface area contributed by atoms with Crippen LogP contribution in [0.15, 0.2) is 38.4 Å². The van der Waals surface area contributed by atoms with Crippen molar-refractivity contribution in [1.29, 1.82) is 0 Å². The Morgan fingerprint density at radius 3 is 2.41 bits per heavy atom. The summed E-state index contributed by atoms with van der Waals surface area (Å²) in [7, 11) is -3.84. The Bertz CT molecular complexity index is 851. The fraction of sp³-hybridized carbons (Fsp3) is 0.400. The molecule has 0 aliphatic carbocycles. The molecule has 0 saturated carbocycles. The van der Waals surface area contributed by atoms with Crippen molar-refractivity contribution in [3.8, 4) is 0 Å². The van der Waals surface area contributed by atoms with Crippen LogP contribution in [0.25, 0.3) is 11.0 Å². The summed E-state index contributed by atoms with van der Waals surface area (Å²) in [5.41, 5.74) is -0.511. The molecule has 0 N–H and O–H groups in total. The van der Waals surface area contributed by atoms with Crippen LogP contribution in [0.3, 0.4) is 0 Å². The first-order valence-corrected chi connectivity index (χ1v) is 9.04. The van der Waals surface area contributed by atoms with Crippen LogP contribution in [0, 0.1) is 0 Å². The lowest BCUT2D eigenvalue weighted by atomic mass is 10.2. The molecule has 1 fully saturated rings. The fourth-order valence-electron chi connectivity index (χ4n) is 2.68. The molecule has 0 atom stereocenters. The molecule has 2 aromatic rings. The molecule has 1 aromatic heterocycles. The van der Waals surface area contributed by atoms with E-state index in [2.05, 4.69) is 0 Å². The molecule has 3 rings (SSSR count). The Labute approximate surface area is 133 Å². The smallest absolute Gasteiger partial charge is 0.356 e. The maximum atomic E-state index is 12.7. The minimum atomic E-state index is -3.84. The molecule has 1 saturated heterocycles. The molecule has 7 heteroatoms. The maximum Gasteiger partial charge on any atom is 0.356 e. The van der Waals surface area contributed by atoms with Crippen molar-refractivity contribution < 1.29 is 12.8 Å². The third-order valence-electron chi connectivity index (χ3n) is 3.85. The highest BCUT2D eigenvalue weighted by molar-refractivity contribution is 7.89. The quantitative estimate of drug-likeness (QED) is 0.787. The second-order valence-corrected chi connectivity index (χ2v) is 7.74. The lowest BCUT2D eigenvalue weighted by molar-refractivity contribution is 0.419. The van der Waals surface area contributed by atoms with Crippen LogP contribution in [0.2, 0.25) is 5.02 Å². The molecule has 1 aliphatic rings. The van der Waals surface area contributed by atoms with Crippen LogP contribution >= 0.6 is 11.6 Å². The van der Waals surface area contributed by atoms with Gasteiger partial charge in [-0.1, -0.05) is 24.4 Å². The third kappa shape index (κ3) is 2.91. The van der Waals surface area contributed by atoms with E-state index in [9.17, 15) is 13.2 Å².